The maximum Gasteiger partial charge on any atom is 0.303 e. The van der Waals surface area contributed by atoms with Gasteiger partial charge in [0.15, 0.2) is 18.7 Å². The molecule has 76 heavy (non-hydrogen) atoms. The molecule has 11 rings (SSSR count). The van der Waals surface area contributed by atoms with Crippen LogP contribution in [0, 0.1) is 0 Å². The number of carbonyl (C=O) groups is 3. The Morgan fingerprint density at radius 1 is 0.579 bits per heavy atom. The highest BCUT2D eigenvalue weighted by Gasteiger charge is 2.59. The van der Waals surface area contributed by atoms with Crippen molar-refractivity contribution in [1.29, 1.82) is 0 Å². The van der Waals surface area contributed by atoms with Crippen LogP contribution in [-0.4, -0.2) is 104 Å². The minimum absolute atomic E-state index is 0.00152. The molecule has 3 fully saturated rings. The van der Waals surface area contributed by atoms with Crippen molar-refractivity contribution in [2.45, 2.75) is 94.4 Å². The van der Waals surface area contributed by atoms with E-state index < -0.39 is 85.4 Å². The Bertz CT molecular complexity index is 3050. The highest BCUT2D eigenvalue weighted by atomic mass is 16.8. The lowest BCUT2D eigenvalue weighted by atomic mass is 9.93. The van der Waals surface area contributed by atoms with E-state index in [0.717, 1.165) is 37.9 Å². The van der Waals surface area contributed by atoms with Crippen molar-refractivity contribution in [1.82, 2.24) is 4.90 Å². The van der Waals surface area contributed by atoms with Crippen LogP contribution in [0.25, 0.3) is 10.8 Å². The third-order valence-corrected chi connectivity index (χ3v) is 13.9. The lowest BCUT2D eigenvalue weighted by molar-refractivity contribution is -0.386. The molecular formula is C61H57NO14. The van der Waals surface area contributed by atoms with Gasteiger partial charge in [0.25, 0.3) is 11.8 Å². The Kier molecular flexibility index (Phi) is 15.6. The summed E-state index contributed by atoms with van der Waals surface area (Å²) in [7, 11) is 1.56. The number of fused-ring (bicyclic) bond motifs is 3. The molecule has 0 radical (unpaired) electrons. The summed E-state index contributed by atoms with van der Waals surface area (Å²) in [5.41, 5.74) is 3.74. The van der Waals surface area contributed by atoms with Gasteiger partial charge in [0.05, 0.1) is 51.3 Å². The molecular weight excluding hydrogens is 971 g/mol. The zero-order chi connectivity index (χ0) is 52.0. The van der Waals surface area contributed by atoms with E-state index in [0.29, 0.717) is 11.5 Å². The van der Waals surface area contributed by atoms with Crippen molar-refractivity contribution in [2.75, 3.05) is 20.3 Å². The van der Waals surface area contributed by atoms with Crippen LogP contribution in [0.3, 0.4) is 0 Å². The lowest BCUT2D eigenvalue weighted by Crippen LogP contribution is -2.70. The Morgan fingerprint density at radius 3 is 1.87 bits per heavy atom. The van der Waals surface area contributed by atoms with E-state index in [1.165, 1.54) is 6.92 Å². The van der Waals surface area contributed by atoms with Crippen LogP contribution < -0.4 is 9.47 Å². The Hall–Kier alpha value is -7.31. The predicted molar refractivity (Wildman–Crippen MR) is 276 cm³/mol. The number of ether oxygens (including phenoxy) is 11. The number of imide groups is 1. The van der Waals surface area contributed by atoms with Gasteiger partial charge in [-0.3, -0.25) is 19.3 Å². The second kappa shape index (κ2) is 23.3. The summed E-state index contributed by atoms with van der Waals surface area (Å²) in [5, 5.41) is 2.10. The van der Waals surface area contributed by atoms with Crippen LogP contribution >= 0.6 is 0 Å². The van der Waals surface area contributed by atoms with Gasteiger partial charge in [-0.2, -0.15) is 0 Å². The quantitative estimate of drug-likeness (QED) is 0.0592. The second-order valence-corrected chi connectivity index (χ2v) is 19.0. The Labute approximate surface area is 440 Å². The number of hydrogen-bond donors (Lipinski definition) is 0. The van der Waals surface area contributed by atoms with Crippen LogP contribution in [0.5, 0.6) is 11.5 Å². The van der Waals surface area contributed by atoms with Crippen molar-refractivity contribution in [3.8, 4) is 11.5 Å². The molecule has 11 atom stereocenters. The molecule has 15 heteroatoms. The summed E-state index contributed by atoms with van der Waals surface area (Å²) in [5.74, 6) is -0.858. The summed E-state index contributed by atoms with van der Waals surface area (Å²) >= 11 is 0. The van der Waals surface area contributed by atoms with Gasteiger partial charge in [0.1, 0.15) is 54.2 Å². The SMILES string of the molecule is COc1ccc(O[C@@H]2O[C@H](COCc3ccccc3)[C@@H](O[C@@H]3O[C@@H]4COC(c5ccccc5)O[C@H]4[C@H](OCc4ccc5ccccc5c4)[C@@H]3OC(C)=O)[C@H](OCc3ccccc3)[C@H]2N2C(=O)c3ccccc3C2=O)cc1. The zero-order valence-electron chi connectivity index (χ0n) is 41.9. The molecule has 4 aliphatic heterocycles. The van der Waals surface area contributed by atoms with Crippen LogP contribution in [0.15, 0.2) is 182 Å². The Morgan fingerprint density at radius 2 is 1.18 bits per heavy atom. The number of methoxy groups -OCH3 is 1. The zero-order valence-corrected chi connectivity index (χ0v) is 41.9. The summed E-state index contributed by atoms with van der Waals surface area (Å²) in [6.45, 7) is 1.53. The minimum Gasteiger partial charge on any atom is -0.497 e. The summed E-state index contributed by atoms with van der Waals surface area (Å²) < 4.78 is 73.2. The fourth-order valence-corrected chi connectivity index (χ4v) is 10.3. The van der Waals surface area contributed by atoms with Crippen molar-refractivity contribution in [2.24, 2.45) is 0 Å². The fraction of sp³-hybridized carbons (Fsp3) is 0.295. The van der Waals surface area contributed by atoms with Crippen molar-refractivity contribution >= 4 is 28.6 Å². The molecule has 0 N–H and O–H groups in total. The van der Waals surface area contributed by atoms with Crippen LogP contribution in [0.4, 0.5) is 0 Å². The first-order chi connectivity index (χ1) is 37.3. The number of benzene rings is 7. The van der Waals surface area contributed by atoms with E-state index in [1.807, 2.05) is 127 Å². The monoisotopic (exact) mass is 1030 g/mol. The summed E-state index contributed by atoms with van der Waals surface area (Å²) in [6.07, 6.45) is -11.1. The molecule has 4 heterocycles. The highest BCUT2D eigenvalue weighted by molar-refractivity contribution is 6.21. The molecule has 1 unspecified atom stereocenters. The van der Waals surface area contributed by atoms with Gasteiger partial charge >= 0.3 is 5.97 Å². The number of nitrogens with zero attached hydrogens (tertiary/aromatic N) is 1. The normalized spacial score (nSPS) is 26.1. The van der Waals surface area contributed by atoms with E-state index in [2.05, 4.69) is 6.07 Å². The molecule has 0 spiro atoms. The van der Waals surface area contributed by atoms with E-state index >= 15 is 0 Å². The predicted octanol–water partition coefficient (Wildman–Crippen LogP) is 9.16. The molecule has 0 bridgehead atoms. The van der Waals surface area contributed by atoms with Gasteiger partial charge in [-0.25, -0.2) is 0 Å². The van der Waals surface area contributed by atoms with E-state index in [9.17, 15) is 14.4 Å². The van der Waals surface area contributed by atoms with Gasteiger partial charge in [-0.15, -0.1) is 0 Å². The summed E-state index contributed by atoms with van der Waals surface area (Å²) in [6, 6.07) is 54.9. The first-order valence-electron chi connectivity index (χ1n) is 25.4. The molecule has 0 saturated carbocycles. The average molecular weight is 1030 g/mol. The van der Waals surface area contributed by atoms with E-state index in [4.69, 9.17) is 52.1 Å². The molecule has 390 valence electrons. The van der Waals surface area contributed by atoms with Gasteiger partial charge in [-0.1, -0.05) is 140 Å². The van der Waals surface area contributed by atoms with Crippen LogP contribution in [-0.2, 0) is 67.2 Å². The minimum atomic E-state index is -1.41. The molecule has 7 aromatic carbocycles. The average Bonchev–Trinajstić information content (AvgIpc) is 3.81. The van der Waals surface area contributed by atoms with Crippen LogP contribution in [0.2, 0.25) is 0 Å². The topological polar surface area (TPSA) is 156 Å². The molecule has 0 aliphatic carbocycles. The van der Waals surface area contributed by atoms with Gasteiger partial charge in [-0.05, 0) is 69.9 Å². The lowest BCUT2D eigenvalue weighted by Gasteiger charge is -2.52. The van der Waals surface area contributed by atoms with Gasteiger partial charge < -0.3 is 52.1 Å². The molecule has 15 nitrogen and oxygen atoms in total. The van der Waals surface area contributed by atoms with Gasteiger partial charge in [0.2, 0.25) is 6.29 Å². The summed E-state index contributed by atoms with van der Waals surface area (Å²) in [4.78, 5) is 44.2. The molecule has 3 saturated heterocycles. The van der Waals surface area contributed by atoms with E-state index in [1.54, 1.807) is 55.6 Å². The first kappa shape index (κ1) is 50.8. The molecule has 4 aliphatic rings. The standard InChI is InChI=1S/C61H57NO14/c1-38(63)71-56-55(69-35-41-26-27-42-20-12-13-23-44(42)32-41)53-50(37-70-59(75-53)43-21-10-5-11-22-43)74-61(56)76-52-49(36-67-33-39-16-6-3-7-17-39)73-60(72-46-30-28-45(66-2)29-31-46)51(54(52)68-34-40-18-8-4-9-19-40)62-57(64)47-24-14-15-25-48(47)58(62)65/h3-32,49-56,59-61H,33-37H2,1-2H3/t49-,50-,51-,52-,53-,54-,55+,56+,59?,60-,61+/m1/s1. The van der Waals surface area contributed by atoms with E-state index in [-0.39, 0.29) is 44.2 Å². The largest absolute Gasteiger partial charge is 0.497 e. The van der Waals surface area contributed by atoms with Gasteiger partial charge in [0, 0.05) is 12.5 Å². The number of esters is 1. The maximum atomic E-state index is 14.8. The maximum absolute atomic E-state index is 14.8. The highest BCUT2D eigenvalue weighted by Crippen LogP contribution is 2.41. The number of hydrogen-bond acceptors (Lipinski definition) is 14. The molecule has 7 aromatic rings. The third kappa shape index (κ3) is 11.1. The number of rotatable bonds is 18. The Balaban J connectivity index is 1.00. The van der Waals surface area contributed by atoms with Crippen molar-refractivity contribution < 1.29 is 66.5 Å². The number of carbonyl (C=O) groups excluding carboxylic acids is 3. The second-order valence-electron chi connectivity index (χ2n) is 19.0. The molecule has 2 amide bonds. The number of amides is 2. The first-order valence-corrected chi connectivity index (χ1v) is 25.4. The fourth-order valence-electron chi connectivity index (χ4n) is 10.3. The third-order valence-electron chi connectivity index (χ3n) is 13.9. The van der Waals surface area contributed by atoms with Crippen LogP contribution in [0.1, 0.15) is 56.2 Å². The molecule has 0 aromatic heterocycles. The van der Waals surface area contributed by atoms with Crippen molar-refractivity contribution in [3.05, 3.63) is 215 Å². The van der Waals surface area contributed by atoms with Crippen molar-refractivity contribution in [3.63, 3.8) is 0 Å². The smallest absolute Gasteiger partial charge is 0.303 e.